The summed E-state index contributed by atoms with van der Waals surface area (Å²) in [5.74, 6) is 0. The summed E-state index contributed by atoms with van der Waals surface area (Å²) >= 11 is -1.96. The second-order valence-electron chi connectivity index (χ2n) is 3.46. The number of halogens is 2. The second-order valence-corrected chi connectivity index (χ2v) is 14.9. The van der Waals surface area contributed by atoms with Crippen LogP contribution < -0.4 is 0 Å². The van der Waals surface area contributed by atoms with E-state index in [1.807, 2.05) is 30.3 Å². The maximum atomic E-state index is 5.14. The Morgan fingerprint density at radius 1 is 0.889 bits per heavy atom. The fourth-order valence-electron chi connectivity index (χ4n) is 1.39. The van der Waals surface area contributed by atoms with Gasteiger partial charge < -0.3 is 0 Å². The SMILES string of the molecule is [CH2]=[Hf]([Cl])[Cl].c1cc[cH-]c1.c1ccc2[cH-]ccc2c1. The van der Waals surface area contributed by atoms with E-state index in [0.717, 1.165) is 0 Å². The minimum atomic E-state index is -1.96. The summed E-state index contributed by atoms with van der Waals surface area (Å²) < 4.78 is 3.38. The molecule has 0 saturated heterocycles. The van der Waals surface area contributed by atoms with Gasteiger partial charge in [-0.2, -0.15) is 35.7 Å². The Morgan fingerprint density at radius 3 is 2.00 bits per heavy atom. The van der Waals surface area contributed by atoms with Crippen LogP contribution in [0, 0.1) is 0 Å². The van der Waals surface area contributed by atoms with Crippen molar-refractivity contribution in [2.75, 3.05) is 0 Å². The monoisotopic (exact) mass is 444 g/mol. The summed E-state index contributed by atoms with van der Waals surface area (Å²) in [7, 11) is 10.3. The van der Waals surface area contributed by atoms with Crippen molar-refractivity contribution >= 4 is 32.2 Å². The van der Waals surface area contributed by atoms with Gasteiger partial charge in [0.05, 0.1) is 0 Å². The van der Waals surface area contributed by atoms with Gasteiger partial charge in [-0.3, -0.25) is 0 Å². The molecule has 0 aliphatic rings. The Morgan fingerprint density at radius 2 is 1.50 bits per heavy atom. The van der Waals surface area contributed by atoms with Crippen molar-refractivity contribution in [1.82, 2.24) is 0 Å². The van der Waals surface area contributed by atoms with E-state index < -0.39 is 18.6 Å². The summed E-state index contributed by atoms with van der Waals surface area (Å²) in [5.41, 5.74) is 0. The first kappa shape index (κ1) is 15.6. The number of benzene rings is 1. The Bertz CT molecular complexity index is 501. The van der Waals surface area contributed by atoms with Crippen molar-refractivity contribution < 1.29 is 18.6 Å². The van der Waals surface area contributed by atoms with Crippen molar-refractivity contribution in [3.8, 4) is 0 Å². The van der Waals surface area contributed by atoms with Gasteiger partial charge in [-0.05, 0) is 0 Å². The van der Waals surface area contributed by atoms with Gasteiger partial charge in [0, 0.05) is 0 Å². The van der Waals surface area contributed by atoms with E-state index in [1.165, 1.54) is 10.8 Å². The molecule has 0 aromatic heterocycles. The average molecular weight is 444 g/mol. The van der Waals surface area contributed by atoms with Gasteiger partial charge >= 0.3 is 40.0 Å². The van der Waals surface area contributed by atoms with Crippen LogP contribution in [0.4, 0.5) is 0 Å². The number of hydrogen-bond donors (Lipinski definition) is 0. The van der Waals surface area contributed by atoms with Gasteiger partial charge in [0.1, 0.15) is 0 Å². The molecule has 0 radical (unpaired) electrons. The zero-order valence-electron chi connectivity index (χ0n) is 9.89. The van der Waals surface area contributed by atoms with Crippen molar-refractivity contribution in [1.29, 1.82) is 0 Å². The van der Waals surface area contributed by atoms with Crippen molar-refractivity contribution in [3.05, 3.63) is 72.8 Å². The molecule has 3 aromatic carbocycles. The summed E-state index contributed by atoms with van der Waals surface area (Å²) in [4.78, 5) is 0. The van der Waals surface area contributed by atoms with Crippen LogP contribution >= 0.6 is 17.2 Å². The van der Waals surface area contributed by atoms with E-state index in [1.54, 1.807) is 0 Å². The minimum Gasteiger partial charge on any atom is -0.214 e. The first-order valence-corrected chi connectivity index (χ1v) is 16.9. The van der Waals surface area contributed by atoms with Gasteiger partial charge in [-0.1, -0.05) is 6.07 Å². The molecule has 0 aliphatic heterocycles. The molecule has 0 saturated carbocycles. The van der Waals surface area contributed by atoms with Crippen molar-refractivity contribution in [2.24, 2.45) is 0 Å². The summed E-state index contributed by atoms with van der Waals surface area (Å²) in [5, 5.41) is 2.66. The third-order valence-corrected chi connectivity index (χ3v) is 2.10. The molecule has 0 atom stereocenters. The van der Waals surface area contributed by atoms with Gasteiger partial charge in [0.2, 0.25) is 0 Å². The minimum absolute atomic E-state index is 1.33. The zero-order chi connectivity index (χ0) is 13.2. The molecular formula is C15H14Cl2Hf-2. The van der Waals surface area contributed by atoms with E-state index in [-0.39, 0.29) is 0 Å². The van der Waals surface area contributed by atoms with Crippen LogP contribution in [0.15, 0.2) is 72.8 Å². The van der Waals surface area contributed by atoms with Crippen molar-refractivity contribution in [3.63, 3.8) is 0 Å². The van der Waals surface area contributed by atoms with Crippen LogP contribution in [0.1, 0.15) is 0 Å². The molecule has 3 aromatic rings. The molecular weight excluding hydrogens is 430 g/mol. The Kier molecular flexibility index (Phi) is 8.15. The summed E-state index contributed by atoms with van der Waals surface area (Å²) in [6, 6.07) is 24.7. The molecule has 0 nitrogen and oxygen atoms in total. The first-order valence-electron chi connectivity index (χ1n) is 5.47. The molecule has 0 bridgehead atoms. The maximum Gasteiger partial charge on any atom is -0.0809 e. The molecule has 0 heterocycles. The molecule has 18 heavy (non-hydrogen) atoms. The van der Waals surface area contributed by atoms with E-state index in [2.05, 4.69) is 46.7 Å². The van der Waals surface area contributed by atoms with Crippen molar-refractivity contribution in [2.45, 2.75) is 0 Å². The van der Waals surface area contributed by atoms with E-state index >= 15 is 0 Å². The molecule has 0 N–H and O–H groups in total. The smallest absolute Gasteiger partial charge is 0.0809 e. The molecule has 0 unspecified atom stereocenters. The summed E-state index contributed by atoms with van der Waals surface area (Å²) in [6.07, 6.45) is 0. The normalized spacial score (nSPS) is 8.78. The first-order chi connectivity index (χ1) is 8.70. The van der Waals surface area contributed by atoms with Crippen LogP contribution in [0.2, 0.25) is 0 Å². The largest absolute Gasteiger partial charge is 0.214 e. The number of rotatable bonds is 0. The van der Waals surface area contributed by atoms with Gasteiger partial charge in [0.15, 0.2) is 0 Å². The third kappa shape index (κ3) is 7.05. The Labute approximate surface area is 123 Å². The molecule has 0 amide bonds. The van der Waals surface area contributed by atoms with E-state index in [9.17, 15) is 0 Å². The van der Waals surface area contributed by atoms with E-state index in [4.69, 9.17) is 17.2 Å². The Hall–Kier alpha value is -0.500. The average Bonchev–Trinajstić information content (AvgIpc) is 3.03. The third-order valence-electron chi connectivity index (χ3n) is 2.10. The van der Waals surface area contributed by atoms with Gasteiger partial charge in [-0.25, -0.2) is 12.1 Å². The quantitative estimate of drug-likeness (QED) is 0.326. The van der Waals surface area contributed by atoms with E-state index in [0.29, 0.717) is 0 Å². The summed E-state index contributed by atoms with van der Waals surface area (Å²) in [6.45, 7) is 0. The van der Waals surface area contributed by atoms with Crippen LogP contribution in [-0.4, -0.2) is 4.26 Å². The number of hydrogen-bond acceptors (Lipinski definition) is 0. The topological polar surface area (TPSA) is 0 Å². The molecule has 0 aliphatic carbocycles. The number of fused-ring (bicyclic) bond motifs is 1. The standard InChI is InChI=1S/C9H7.C5H5.CH2.2ClH.Hf/c1-2-5-9-7-3-6-8(9)4-1;1-2-4-5-3-1;;;;/h1-7H;1-5H;1H2;2*1H;/q2*-1;;;;+2/p-2. The predicted octanol–water partition coefficient (Wildman–Crippen LogP) is 5.31. The Balaban J connectivity index is 0.000000154. The zero-order valence-corrected chi connectivity index (χ0v) is 15.0. The molecule has 0 spiro atoms. The molecule has 0 fully saturated rings. The van der Waals surface area contributed by atoms with Crippen LogP contribution in [0.3, 0.4) is 0 Å². The van der Waals surface area contributed by atoms with Crippen LogP contribution in [0.25, 0.3) is 10.8 Å². The molecule has 3 rings (SSSR count). The second kappa shape index (κ2) is 9.43. The fourth-order valence-corrected chi connectivity index (χ4v) is 1.39. The van der Waals surface area contributed by atoms with Gasteiger partial charge in [0.25, 0.3) is 0 Å². The maximum absolute atomic E-state index is 5.14. The molecule has 3 heteroatoms. The van der Waals surface area contributed by atoms with Crippen LogP contribution in [-0.2, 0) is 18.6 Å². The molecule has 94 valence electrons. The fraction of sp³-hybridized carbons (Fsp3) is 0. The van der Waals surface area contributed by atoms with Gasteiger partial charge in [-0.15, -0.1) is 29.7 Å². The predicted molar refractivity (Wildman–Crippen MR) is 80.4 cm³/mol. The van der Waals surface area contributed by atoms with Crippen LogP contribution in [0.5, 0.6) is 0 Å².